The highest BCUT2D eigenvalue weighted by atomic mass is 15.0. The zero-order valence-electron chi connectivity index (χ0n) is 14.4. The second-order valence-electron chi connectivity index (χ2n) is 6.30. The van der Waals surface area contributed by atoms with Gasteiger partial charge < -0.3 is 14.3 Å². The standard InChI is InChI=1S/C20H21N5/c1-15-5-3-8-20-23-18(13-25(15)20)12-22-16(2)17-6-4-7-19(11-17)24-10-9-21-14-24/h3-11,13-14,16,22H,12H2,1-2H3. The molecule has 25 heavy (non-hydrogen) atoms. The molecule has 0 bridgehead atoms. The van der Waals surface area contributed by atoms with E-state index in [1.165, 1.54) is 11.3 Å². The summed E-state index contributed by atoms with van der Waals surface area (Å²) in [5.41, 5.74) is 5.59. The monoisotopic (exact) mass is 331 g/mol. The number of aromatic nitrogens is 4. The summed E-state index contributed by atoms with van der Waals surface area (Å²) in [4.78, 5) is 8.80. The van der Waals surface area contributed by atoms with Crippen LogP contribution in [0.25, 0.3) is 11.3 Å². The van der Waals surface area contributed by atoms with Gasteiger partial charge in [-0.1, -0.05) is 18.2 Å². The molecule has 0 saturated heterocycles. The van der Waals surface area contributed by atoms with Gasteiger partial charge in [0.15, 0.2) is 0 Å². The van der Waals surface area contributed by atoms with Gasteiger partial charge in [-0.2, -0.15) is 0 Å². The summed E-state index contributed by atoms with van der Waals surface area (Å²) in [5, 5.41) is 3.57. The number of nitrogens with one attached hydrogen (secondary N) is 1. The number of hydrogen-bond acceptors (Lipinski definition) is 3. The average molecular weight is 331 g/mol. The Morgan fingerprint density at radius 3 is 2.84 bits per heavy atom. The van der Waals surface area contributed by atoms with Gasteiger partial charge in [0.05, 0.1) is 12.0 Å². The van der Waals surface area contributed by atoms with Crippen molar-refractivity contribution in [3.8, 4) is 5.69 Å². The molecule has 0 amide bonds. The minimum Gasteiger partial charge on any atom is -0.306 e. The van der Waals surface area contributed by atoms with E-state index >= 15 is 0 Å². The third kappa shape index (κ3) is 3.19. The van der Waals surface area contributed by atoms with Crippen LogP contribution in [-0.2, 0) is 6.54 Å². The summed E-state index contributed by atoms with van der Waals surface area (Å²) < 4.78 is 4.14. The molecule has 0 spiro atoms. The molecule has 0 fully saturated rings. The largest absolute Gasteiger partial charge is 0.306 e. The fourth-order valence-corrected chi connectivity index (χ4v) is 3.03. The molecule has 5 nitrogen and oxygen atoms in total. The number of imidazole rings is 2. The summed E-state index contributed by atoms with van der Waals surface area (Å²) in [6.07, 6.45) is 7.67. The first-order valence-corrected chi connectivity index (χ1v) is 8.46. The molecule has 1 aromatic carbocycles. The van der Waals surface area contributed by atoms with Gasteiger partial charge in [0.2, 0.25) is 0 Å². The van der Waals surface area contributed by atoms with Crippen LogP contribution >= 0.6 is 0 Å². The Bertz CT molecular complexity index is 984. The van der Waals surface area contributed by atoms with Gasteiger partial charge in [-0.15, -0.1) is 0 Å². The number of rotatable bonds is 5. The van der Waals surface area contributed by atoms with Gasteiger partial charge in [0.25, 0.3) is 0 Å². The van der Waals surface area contributed by atoms with E-state index in [0.29, 0.717) is 0 Å². The maximum absolute atomic E-state index is 4.69. The molecule has 1 N–H and O–H groups in total. The zero-order valence-corrected chi connectivity index (χ0v) is 14.4. The van der Waals surface area contributed by atoms with Crippen LogP contribution in [0.15, 0.2) is 67.4 Å². The predicted molar refractivity (Wildman–Crippen MR) is 98.7 cm³/mol. The molecule has 1 atom stereocenters. The Kier molecular flexibility index (Phi) is 4.07. The highest BCUT2D eigenvalue weighted by molar-refractivity contribution is 5.41. The Balaban J connectivity index is 1.49. The molecule has 0 radical (unpaired) electrons. The van der Waals surface area contributed by atoms with Gasteiger partial charge in [-0.25, -0.2) is 9.97 Å². The number of fused-ring (bicyclic) bond motifs is 1. The van der Waals surface area contributed by atoms with Gasteiger partial charge in [-0.05, 0) is 43.7 Å². The molecule has 3 aromatic heterocycles. The second kappa shape index (κ2) is 6.53. The Morgan fingerprint density at radius 1 is 1.16 bits per heavy atom. The molecule has 4 aromatic rings. The van der Waals surface area contributed by atoms with E-state index in [9.17, 15) is 0 Å². The number of nitrogens with zero attached hydrogens (tertiary/aromatic N) is 4. The summed E-state index contributed by atoms with van der Waals surface area (Å²) in [7, 11) is 0. The Morgan fingerprint density at radius 2 is 2.04 bits per heavy atom. The van der Waals surface area contributed by atoms with Gasteiger partial charge in [0, 0.05) is 42.6 Å². The number of benzene rings is 1. The highest BCUT2D eigenvalue weighted by Crippen LogP contribution is 2.17. The van der Waals surface area contributed by atoms with Crippen molar-refractivity contribution >= 4 is 5.65 Å². The number of hydrogen-bond donors (Lipinski definition) is 1. The van der Waals surface area contributed by atoms with Crippen LogP contribution in [-0.4, -0.2) is 18.9 Å². The van der Waals surface area contributed by atoms with E-state index in [-0.39, 0.29) is 6.04 Å². The lowest BCUT2D eigenvalue weighted by molar-refractivity contribution is 0.569. The van der Waals surface area contributed by atoms with Crippen LogP contribution in [0.2, 0.25) is 0 Å². The molecular formula is C20H21N5. The van der Waals surface area contributed by atoms with Gasteiger partial charge in [-0.3, -0.25) is 0 Å². The van der Waals surface area contributed by atoms with Gasteiger partial charge >= 0.3 is 0 Å². The van der Waals surface area contributed by atoms with Crippen LogP contribution in [0.5, 0.6) is 0 Å². The van der Waals surface area contributed by atoms with E-state index in [1.807, 2.05) is 29.2 Å². The third-order valence-corrected chi connectivity index (χ3v) is 4.51. The average Bonchev–Trinajstić information content (AvgIpc) is 3.30. The van der Waals surface area contributed by atoms with Crippen LogP contribution < -0.4 is 5.32 Å². The molecule has 0 aliphatic rings. The fraction of sp³-hybridized carbons (Fsp3) is 0.200. The van der Waals surface area contributed by atoms with Gasteiger partial charge in [0.1, 0.15) is 5.65 Å². The van der Waals surface area contributed by atoms with Crippen LogP contribution in [0.1, 0.15) is 29.9 Å². The van der Waals surface area contributed by atoms with E-state index in [1.54, 1.807) is 6.20 Å². The third-order valence-electron chi connectivity index (χ3n) is 4.51. The maximum atomic E-state index is 4.69. The number of pyridine rings is 1. The molecule has 5 heteroatoms. The van der Waals surface area contributed by atoms with E-state index in [0.717, 1.165) is 23.6 Å². The first kappa shape index (κ1) is 15.6. The van der Waals surface area contributed by atoms with E-state index in [2.05, 4.69) is 70.1 Å². The van der Waals surface area contributed by atoms with Crippen molar-refractivity contribution < 1.29 is 0 Å². The smallest absolute Gasteiger partial charge is 0.137 e. The lowest BCUT2D eigenvalue weighted by Gasteiger charge is -2.14. The molecule has 0 aliphatic carbocycles. The highest BCUT2D eigenvalue weighted by Gasteiger charge is 2.08. The van der Waals surface area contributed by atoms with E-state index in [4.69, 9.17) is 0 Å². The van der Waals surface area contributed by atoms with Crippen molar-refractivity contribution in [2.45, 2.75) is 26.4 Å². The molecular weight excluding hydrogens is 310 g/mol. The second-order valence-corrected chi connectivity index (χ2v) is 6.30. The van der Waals surface area contributed by atoms with Crippen LogP contribution in [0.3, 0.4) is 0 Å². The summed E-state index contributed by atoms with van der Waals surface area (Å²) in [6.45, 7) is 5.00. The molecule has 0 saturated carbocycles. The molecule has 1 unspecified atom stereocenters. The predicted octanol–water partition coefficient (Wildman–Crippen LogP) is 3.68. The molecule has 0 aliphatic heterocycles. The molecule has 3 heterocycles. The van der Waals surface area contributed by atoms with Crippen molar-refractivity contribution in [1.29, 1.82) is 0 Å². The van der Waals surface area contributed by atoms with Crippen LogP contribution in [0.4, 0.5) is 0 Å². The Labute approximate surface area is 147 Å². The van der Waals surface area contributed by atoms with Crippen molar-refractivity contribution in [1.82, 2.24) is 24.3 Å². The van der Waals surface area contributed by atoms with Crippen molar-refractivity contribution in [3.05, 3.63) is 84.3 Å². The SMILES string of the molecule is Cc1cccc2nc(CNC(C)c3cccc(-n4ccnc4)c3)cn12. The minimum absolute atomic E-state index is 0.231. The summed E-state index contributed by atoms with van der Waals surface area (Å²) >= 11 is 0. The quantitative estimate of drug-likeness (QED) is 0.607. The van der Waals surface area contributed by atoms with E-state index < -0.39 is 0 Å². The van der Waals surface area contributed by atoms with Crippen molar-refractivity contribution in [3.63, 3.8) is 0 Å². The minimum atomic E-state index is 0.231. The zero-order chi connectivity index (χ0) is 17.2. The normalized spacial score (nSPS) is 12.6. The lowest BCUT2D eigenvalue weighted by atomic mass is 10.1. The molecule has 4 rings (SSSR count). The van der Waals surface area contributed by atoms with Crippen molar-refractivity contribution in [2.75, 3.05) is 0 Å². The number of aryl methyl sites for hydroxylation is 1. The first-order valence-electron chi connectivity index (χ1n) is 8.46. The fourth-order valence-electron chi connectivity index (χ4n) is 3.03. The topological polar surface area (TPSA) is 47.2 Å². The Hall–Kier alpha value is -2.92. The van der Waals surface area contributed by atoms with Crippen LogP contribution in [0, 0.1) is 6.92 Å². The summed E-state index contributed by atoms with van der Waals surface area (Å²) in [6, 6.07) is 14.9. The summed E-state index contributed by atoms with van der Waals surface area (Å²) in [5.74, 6) is 0. The molecule has 126 valence electrons. The van der Waals surface area contributed by atoms with Crippen molar-refractivity contribution in [2.24, 2.45) is 0 Å². The first-order chi connectivity index (χ1) is 12.2. The lowest BCUT2D eigenvalue weighted by Crippen LogP contribution is -2.18. The maximum Gasteiger partial charge on any atom is 0.137 e.